The fourth-order valence-corrected chi connectivity index (χ4v) is 4.75. The Balaban J connectivity index is 2.05. The van der Waals surface area contributed by atoms with Crippen LogP contribution in [0.4, 0.5) is 0 Å². The molecule has 1 saturated heterocycles. The van der Waals surface area contributed by atoms with Crippen LogP contribution in [0.3, 0.4) is 0 Å². The lowest BCUT2D eigenvalue weighted by molar-refractivity contribution is -0.110. The number of methoxy groups -OCH3 is 1. The lowest BCUT2D eigenvalue weighted by Crippen LogP contribution is -2.47. The van der Waals surface area contributed by atoms with E-state index in [1.165, 1.54) is 32.4 Å². The molecule has 1 aromatic heterocycles. The van der Waals surface area contributed by atoms with E-state index in [-0.39, 0.29) is 30.9 Å². The summed E-state index contributed by atoms with van der Waals surface area (Å²) in [7, 11) is -1.69. The van der Waals surface area contributed by atoms with Gasteiger partial charge < -0.3 is 33.7 Å². The minimum absolute atomic E-state index is 0.0155. The quantitative estimate of drug-likeness (QED) is 0.190. The second-order valence-electron chi connectivity index (χ2n) is 8.22. The molecule has 2 aromatic rings. The van der Waals surface area contributed by atoms with E-state index in [0.29, 0.717) is 0 Å². The molecule has 204 valence electrons. The predicted octanol–water partition coefficient (Wildman–Crippen LogP) is 0.190. The summed E-state index contributed by atoms with van der Waals surface area (Å²) in [4.78, 5) is 39.7. The maximum Gasteiger partial charge on any atom is 0.338 e. The van der Waals surface area contributed by atoms with Crippen LogP contribution < -0.4 is 11.2 Å². The van der Waals surface area contributed by atoms with E-state index in [2.05, 4.69) is 4.98 Å². The Kier molecular flexibility index (Phi) is 10.4. The van der Waals surface area contributed by atoms with E-state index < -0.39 is 61.7 Å². The predicted molar refractivity (Wildman–Crippen MR) is 130 cm³/mol. The molecule has 3 N–H and O–H groups in total. The van der Waals surface area contributed by atoms with Gasteiger partial charge in [0, 0.05) is 18.9 Å². The summed E-state index contributed by atoms with van der Waals surface area (Å²) in [6.45, 7) is 3.19. The molecule has 1 aliphatic rings. The van der Waals surface area contributed by atoms with Crippen molar-refractivity contribution in [3.05, 3.63) is 68.5 Å². The number of aromatic nitrogens is 2. The van der Waals surface area contributed by atoms with Gasteiger partial charge in [-0.3, -0.25) is 18.9 Å². The highest BCUT2D eigenvalue weighted by Gasteiger charge is 2.54. The summed E-state index contributed by atoms with van der Waals surface area (Å²) in [6.07, 6.45) is -6.00. The van der Waals surface area contributed by atoms with E-state index in [1.807, 2.05) is 0 Å². The van der Waals surface area contributed by atoms with Crippen LogP contribution in [0.2, 0.25) is 0 Å². The number of carbonyl (C=O) groups is 1. The van der Waals surface area contributed by atoms with Crippen molar-refractivity contribution in [2.75, 3.05) is 26.9 Å². The fraction of sp³-hybridized carbons (Fsp3) is 0.522. The number of hydrogen-bond donors (Lipinski definition) is 3. The van der Waals surface area contributed by atoms with Gasteiger partial charge in [-0.15, -0.1) is 0 Å². The molecule has 0 bridgehead atoms. The van der Waals surface area contributed by atoms with Crippen LogP contribution in [0.1, 0.15) is 29.1 Å². The lowest BCUT2D eigenvalue weighted by atomic mass is 10.0. The van der Waals surface area contributed by atoms with Gasteiger partial charge >= 0.3 is 11.7 Å². The van der Waals surface area contributed by atoms with Gasteiger partial charge in [-0.2, -0.15) is 0 Å². The molecular weight excluding hydrogens is 511 g/mol. The molecule has 0 spiro atoms. The first-order valence-electron chi connectivity index (χ1n) is 11.6. The fourth-order valence-electron chi connectivity index (χ4n) is 3.83. The molecule has 0 aliphatic carbocycles. The minimum Gasteiger partial charge on any atom is -0.453 e. The van der Waals surface area contributed by atoms with Crippen LogP contribution in [0, 0.1) is 6.92 Å². The third kappa shape index (κ3) is 6.82. The van der Waals surface area contributed by atoms with E-state index in [9.17, 15) is 29.2 Å². The number of H-pyrrole nitrogens is 1. The molecule has 3 rings (SSSR count). The van der Waals surface area contributed by atoms with Crippen LogP contribution in [0.5, 0.6) is 0 Å². The van der Waals surface area contributed by atoms with Gasteiger partial charge in [0.15, 0.2) is 18.2 Å². The highest BCUT2D eigenvalue weighted by atomic mass is 31.1. The number of hydrogen-bond acceptors (Lipinski definition) is 11. The molecule has 0 radical (unpaired) electrons. The molecule has 13 nitrogen and oxygen atoms in total. The summed E-state index contributed by atoms with van der Waals surface area (Å²) in [5.74, 6) is -2.66. The van der Waals surface area contributed by atoms with E-state index in [1.54, 1.807) is 25.1 Å². The molecule has 1 fully saturated rings. The molecule has 2 heterocycles. The zero-order chi connectivity index (χ0) is 27.1. The first kappa shape index (κ1) is 28.9. The maximum absolute atomic E-state index is 13.0. The SMILES string of the molecule is CCO[PH](=O)[C@H](O)[C@@H](O)[C@H]1O[C@@H](n2cc(C)c(=O)[nH]c2=O)[C@H](OCCOC)[C@@H]1OC(=O)c1ccccc1. The number of rotatable bonds is 12. The smallest absolute Gasteiger partial charge is 0.338 e. The molecular formula is C23H31N2O11P. The molecule has 1 unspecified atom stereocenters. The Labute approximate surface area is 212 Å². The van der Waals surface area contributed by atoms with Crippen LogP contribution in [0.25, 0.3) is 0 Å². The number of ether oxygens (including phenoxy) is 4. The lowest BCUT2D eigenvalue weighted by Gasteiger charge is -2.28. The van der Waals surface area contributed by atoms with Crippen molar-refractivity contribution in [3.8, 4) is 0 Å². The van der Waals surface area contributed by atoms with Crippen molar-refractivity contribution >= 4 is 14.0 Å². The highest BCUT2D eigenvalue weighted by molar-refractivity contribution is 7.39. The second kappa shape index (κ2) is 13.2. The number of aryl methyl sites for hydroxylation is 1. The monoisotopic (exact) mass is 542 g/mol. The Hall–Kier alpha value is -2.64. The number of aliphatic hydroxyl groups excluding tert-OH is 2. The summed E-state index contributed by atoms with van der Waals surface area (Å²) in [5.41, 5.74) is -1.07. The van der Waals surface area contributed by atoms with Gasteiger partial charge in [0.25, 0.3) is 5.56 Å². The van der Waals surface area contributed by atoms with Crippen LogP contribution in [-0.4, -0.2) is 82.9 Å². The van der Waals surface area contributed by atoms with Crippen molar-refractivity contribution in [1.82, 2.24) is 9.55 Å². The number of benzene rings is 1. The number of nitrogens with zero attached hydrogens (tertiary/aromatic N) is 1. The van der Waals surface area contributed by atoms with Crippen LogP contribution >= 0.6 is 8.03 Å². The number of aromatic amines is 1. The van der Waals surface area contributed by atoms with Gasteiger partial charge in [0.2, 0.25) is 8.03 Å². The summed E-state index contributed by atoms with van der Waals surface area (Å²) in [6, 6.07) is 8.00. The molecule has 7 atom stereocenters. The van der Waals surface area contributed by atoms with E-state index in [4.69, 9.17) is 23.5 Å². The zero-order valence-corrected chi connectivity index (χ0v) is 21.6. The standard InChI is InChI=1S/C23H31N2O11P/c1-4-34-37(31)22(29)15(26)16-17(36-21(28)14-8-6-5-7-9-14)18(33-11-10-32-3)20(35-16)25-12-13(2)19(27)24-23(25)30/h5-9,12,15-18,20,22,26,29,37H,4,10-11H2,1-3H3,(H,24,27,30)/t15-,16+,17+,18+,20+,22-/m0/s1. The van der Waals surface area contributed by atoms with Crippen LogP contribution in [-0.2, 0) is 28.0 Å². The Morgan fingerprint density at radius 1 is 1.19 bits per heavy atom. The number of esters is 1. The van der Waals surface area contributed by atoms with Crippen molar-refractivity contribution in [3.63, 3.8) is 0 Å². The molecule has 1 aromatic carbocycles. The van der Waals surface area contributed by atoms with E-state index in [0.717, 1.165) is 4.57 Å². The molecule has 0 saturated carbocycles. The van der Waals surface area contributed by atoms with E-state index >= 15 is 0 Å². The third-order valence-electron chi connectivity index (χ3n) is 5.68. The van der Waals surface area contributed by atoms with Gasteiger partial charge in [-0.1, -0.05) is 18.2 Å². The normalized spacial score (nSPS) is 23.9. The topological polar surface area (TPSA) is 176 Å². The van der Waals surface area contributed by atoms with Crippen molar-refractivity contribution in [2.24, 2.45) is 0 Å². The molecule has 0 amide bonds. The second-order valence-corrected chi connectivity index (χ2v) is 9.74. The number of aliphatic hydroxyl groups is 2. The first-order chi connectivity index (χ1) is 17.7. The minimum atomic E-state index is -3.14. The number of nitrogens with one attached hydrogen (secondary N) is 1. The Bertz CT molecular complexity index is 1190. The average Bonchev–Trinajstić information content (AvgIpc) is 3.23. The zero-order valence-electron chi connectivity index (χ0n) is 20.6. The van der Waals surface area contributed by atoms with Gasteiger partial charge in [0.1, 0.15) is 18.3 Å². The summed E-state index contributed by atoms with van der Waals surface area (Å²) >= 11 is 0. The van der Waals surface area contributed by atoms with Crippen LogP contribution in [0.15, 0.2) is 46.1 Å². The Morgan fingerprint density at radius 3 is 2.54 bits per heavy atom. The average molecular weight is 542 g/mol. The van der Waals surface area contributed by atoms with Gasteiger partial charge in [-0.05, 0) is 26.0 Å². The third-order valence-corrected chi connectivity index (χ3v) is 7.08. The summed E-state index contributed by atoms with van der Waals surface area (Å²) in [5, 5.41) is 21.4. The largest absolute Gasteiger partial charge is 0.453 e. The molecule has 1 aliphatic heterocycles. The number of carbonyl (C=O) groups excluding carboxylic acids is 1. The Morgan fingerprint density at radius 2 is 1.89 bits per heavy atom. The van der Waals surface area contributed by atoms with Gasteiger partial charge in [0.05, 0.1) is 25.4 Å². The van der Waals surface area contributed by atoms with Crippen molar-refractivity contribution < 1.29 is 43.0 Å². The van der Waals surface area contributed by atoms with Gasteiger partial charge in [-0.25, -0.2) is 9.59 Å². The maximum atomic E-state index is 13.0. The first-order valence-corrected chi connectivity index (χ1v) is 13.0. The van der Waals surface area contributed by atoms with Crippen molar-refractivity contribution in [1.29, 1.82) is 0 Å². The molecule has 37 heavy (non-hydrogen) atoms. The summed E-state index contributed by atoms with van der Waals surface area (Å²) < 4.78 is 40.8. The van der Waals surface area contributed by atoms with Crippen molar-refractivity contribution in [2.45, 2.75) is 50.3 Å². The highest BCUT2D eigenvalue weighted by Crippen LogP contribution is 2.39. The molecule has 14 heteroatoms.